The second-order valence-electron chi connectivity index (χ2n) is 21.2. The van der Waals surface area contributed by atoms with Gasteiger partial charge in [-0.3, -0.25) is 17.6 Å². The van der Waals surface area contributed by atoms with Crippen molar-refractivity contribution in [2.75, 3.05) is 0 Å². The third kappa shape index (κ3) is 19.7. The molecule has 6 aromatic rings. The number of aryl methyl sites for hydroxylation is 1. The molecule has 0 unspecified atom stereocenters. The van der Waals surface area contributed by atoms with E-state index in [4.69, 9.17) is 0 Å². The standard InChI is InChI=1S/C19H25F2.C19H19F2.C13H15F2.C13H9F2.4Y/c2*1-13-5-7-14(8-6-13)15-9-11-16(12-10-15)17-3-2-4-18(20)19(17)21;2*1-9-5-7-10(8-6-9)11-3-2-4-12(14)13(11)15;;;;/h2-3,13-16H,5-12H2,1H3;2-3,9-14H,5-8H2,1H3;2-3,9-10H,5-8H2,1H3;2-3,5-8H,1H3;;;;/q4*-1;;;;. The Morgan fingerprint density at radius 3 is 1.00 bits per heavy atom. The van der Waals surface area contributed by atoms with Crippen molar-refractivity contribution in [3.05, 3.63) is 190 Å². The SMILES string of the molecule is CC1CCC(C2CCC(c3cc[c-]c(F)c3F)CC2)CC1.CC1CCC(c2cc[c-]c(F)c2F)CC1.CC1CCC(c2ccc(-c3cc[c-]c(F)c3F)cc2)CC1.Cc1ccc(-c2cc[c-]c(F)c2F)cc1.[Y].[Y].[Y].[Y]. The van der Waals surface area contributed by atoms with Crippen LogP contribution in [0.15, 0.2) is 97.1 Å². The summed E-state index contributed by atoms with van der Waals surface area (Å²) in [6, 6.07) is 36.4. The van der Waals surface area contributed by atoms with Crippen molar-refractivity contribution in [2.24, 2.45) is 29.6 Å². The summed E-state index contributed by atoms with van der Waals surface area (Å²) in [5.74, 6) is -1.39. The maximum absolute atomic E-state index is 13.9. The van der Waals surface area contributed by atoms with Gasteiger partial charge in [-0.15, -0.1) is 35.4 Å². The normalized spacial score (nSPS) is 22.8. The van der Waals surface area contributed by atoms with E-state index in [1.165, 1.54) is 100 Å². The molecule has 10 rings (SSSR count). The summed E-state index contributed by atoms with van der Waals surface area (Å²) in [6.45, 7) is 8.82. The Labute approximate surface area is 549 Å². The molecule has 0 heterocycles. The van der Waals surface area contributed by atoms with Crippen molar-refractivity contribution in [1.82, 2.24) is 0 Å². The van der Waals surface area contributed by atoms with Gasteiger partial charge in [-0.25, -0.2) is 17.6 Å². The van der Waals surface area contributed by atoms with Crippen LogP contribution >= 0.6 is 0 Å². The third-order valence-electron chi connectivity index (χ3n) is 16.1. The molecule has 4 radical (unpaired) electrons. The summed E-state index contributed by atoms with van der Waals surface area (Å²) < 4.78 is 107. The number of halogens is 8. The maximum Gasteiger partial charge on any atom is 0.0511 e. The predicted octanol–water partition coefficient (Wildman–Crippen LogP) is 19.4. The molecule has 0 N–H and O–H groups in total. The smallest absolute Gasteiger partial charge is 0.0511 e. The Morgan fingerprint density at radius 1 is 0.329 bits per heavy atom. The molecule has 4 saturated carbocycles. The van der Waals surface area contributed by atoms with Crippen LogP contribution in [-0.2, 0) is 131 Å². The molecule has 0 spiro atoms. The number of benzene rings is 6. The van der Waals surface area contributed by atoms with Crippen molar-refractivity contribution in [3.63, 3.8) is 0 Å². The van der Waals surface area contributed by atoms with Gasteiger partial charge in [0.05, 0.1) is 11.6 Å². The quantitative estimate of drug-likeness (QED) is 0.115. The van der Waals surface area contributed by atoms with Crippen molar-refractivity contribution in [1.29, 1.82) is 0 Å². The number of rotatable bonds is 6. The van der Waals surface area contributed by atoms with Crippen LogP contribution in [0.25, 0.3) is 22.3 Å². The predicted molar refractivity (Wildman–Crippen MR) is 273 cm³/mol. The van der Waals surface area contributed by atoms with Gasteiger partial charge in [0.15, 0.2) is 0 Å². The average Bonchev–Trinajstić information content (AvgIpc) is 3.39. The van der Waals surface area contributed by atoms with Crippen LogP contribution < -0.4 is 0 Å². The van der Waals surface area contributed by atoms with E-state index < -0.39 is 46.5 Å². The minimum Gasteiger partial charge on any atom is -0.281 e. The molecular formula is C64H68F8Y4-4. The first-order valence-corrected chi connectivity index (χ1v) is 26.3. The monoisotopic (exact) mass is 1340 g/mol. The summed E-state index contributed by atoms with van der Waals surface area (Å²) in [7, 11) is 0. The molecule has 396 valence electrons. The molecule has 0 nitrogen and oxygen atoms in total. The number of hydrogen-bond acceptors (Lipinski definition) is 0. The van der Waals surface area contributed by atoms with Crippen LogP contribution in [0.1, 0.15) is 164 Å². The van der Waals surface area contributed by atoms with E-state index in [0.29, 0.717) is 33.7 Å². The molecule has 4 fully saturated rings. The summed E-state index contributed by atoms with van der Waals surface area (Å²) in [5.41, 5.74) is 5.47. The largest absolute Gasteiger partial charge is 0.281 e. The Kier molecular flexibility index (Phi) is 31.6. The zero-order valence-corrected chi connectivity index (χ0v) is 55.9. The second-order valence-corrected chi connectivity index (χ2v) is 21.2. The van der Waals surface area contributed by atoms with E-state index in [-0.39, 0.29) is 148 Å². The minimum atomic E-state index is -0.937. The van der Waals surface area contributed by atoms with Gasteiger partial charge < -0.3 is 0 Å². The zero-order valence-electron chi connectivity index (χ0n) is 44.5. The summed E-state index contributed by atoms with van der Waals surface area (Å²) in [4.78, 5) is 0. The Bertz CT molecular complexity index is 2630. The van der Waals surface area contributed by atoms with Gasteiger partial charge in [-0.05, 0) is 135 Å². The van der Waals surface area contributed by atoms with Crippen LogP contribution in [0.5, 0.6) is 0 Å². The first-order valence-electron chi connectivity index (χ1n) is 26.3. The van der Waals surface area contributed by atoms with Crippen molar-refractivity contribution >= 4 is 0 Å². The van der Waals surface area contributed by atoms with Crippen LogP contribution in [-0.4, -0.2) is 0 Å². The fraction of sp³-hybridized carbons (Fsp3) is 0.438. The molecule has 0 bridgehead atoms. The first-order chi connectivity index (χ1) is 34.7. The molecule has 4 aliphatic rings. The molecule has 12 heteroatoms. The molecule has 0 aliphatic heterocycles. The molecule has 0 atom stereocenters. The first kappa shape index (κ1) is 69.4. The molecule has 76 heavy (non-hydrogen) atoms. The van der Waals surface area contributed by atoms with Crippen LogP contribution in [0.2, 0.25) is 0 Å². The van der Waals surface area contributed by atoms with E-state index in [9.17, 15) is 35.1 Å². The summed E-state index contributed by atoms with van der Waals surface area (Å²) >= 11 is 0. The fourth-order valence-electron chi connectivity index (χ4n) is 11.4. The van der Waals surface area contributed by atoms with Gasteiger partial charge in [0.25, 0.3) is 0 Å². The topological polar surface area (TPSA) is 0 Å². The molecule has 0 aromatic heterocycles. The average molecular weight is 1340 g/mol. The van der Waals surface area contributed by atoms with Crippen LogP contribution in [0.3, 0.4) is 0 Å². The summed E-state index contributed by atoms with van der Waals surface area (Å²) in [5, 5.41) is 0. The molecule has 4 aliphatic carbocycles. The van der Waals surface area contributed by atoms with Gasteiger partial charge in [0.1, 0.15) is 0 Å². The molecule has 0 amide bonds. The van der Waals surface area contributed by atoms with Crippen molar-refractivity contribution in [2.45, 2.75) is 148 Å². The van der Waals surface area contributed by atoms with Gasteiger partial charge in [0, 0.05) is 166 Å². The maximum atomic E-state index is 13.9. The van der Waals surface area contributed by atoms with E-state index >= 15 is 0 Å². The van der Waals surface area contributed by atoms with Gasteiger partial charge in [-0.2, -0.15) is 48.5 Å². The van der Waals surface area contributed by atoms with E-state index in [1.807, 2.05) is 31.2 Å². The minimum absolute atomic E-state index is 0. The van der Waals surface area contributed by atoms with E-state index in [0.717, 1.165) is 73.7 Å². The second kappa shape index (κ2) is 34.6. The number of hydrogen-bond donors (Lipinski definition) is 0. The van der Waals surface area contributed by atoms with Crippen LogP contribution in [0, 0.1) is 107 Å². The van der Waals surface area contributed by atoms with Gasteiger partial charge in [-0.1, -0.05) is 125 Å². The van der Waals surface area contributed by atoms with Crippen molar-refractivity contribution in [3.8, 4) is 22.3 Å². The van der Waals surface area contributed by atoms with E-state index in [1.54, 1.807) is 30.3 Å². The Balaban J connectivity index is 0.000000265. The Morgan fingerprint density at radius 2 is 0.618 bits per heavy atom. The molecular weight excluding hydrogens is 1280 g/mol. The zero-order chi connectivity index (χ0) is 51.3. The fourth-order valence-corrected chi connectivity index (χ4v) is 11.4. The van der Waals surface area contributed by atoms with Crippen molar-refractivity contribution < 1.29 is 166 Å². The molecule has 0 saturated heterocycles. The third-order valence-corrected chi connectivity index (χ3v) is 16.1. The molecule has 6 aromatic carbocycles. The van der Waals surface area contributed by atoms with Gasteiger partial charge >= 0.3 is 0 Å². The van der Waals surface area contributed by atoms with E-state index in [2.05, 4.69) is 57.2 Å². The Hall–Kier alpha value is -0.824. The van der Waals surface area contributed by atoms with Gasteiger partial charge in [0.2, 0.25) is 0 Å². The summed E-state index contributed by atoms with van der Waals surface area (Å²) in [6.07, 6.45) is 19.1. The van der Waals surface area contributed by atoms with Crippen LogP contribution in [0.4, 0.5) is 35.1 Å².